The second kappa shape index (κ2) is 10.1. The number of rotatable bonds is 7. The summed E-state index contributed by atoms with van der Waals surface area (Å²) in [6.07, 6.45) is 6.11. The van der Waals surface area contributed by atoms with Crippen LogP contribution in [0.2, 0.25) is 5.02 Å². The van der Waals surface area contributed by atoms with Crippen molar-refractivity contribution in [2.75, 3.05) is 20.2 Å². The van der Waals surface area contributed by atoms with Gasteiger partial charge in [-0.25, -0.2) is 4.98 Å². The van der Waals surface area contributed by atoms with E-state index < -0.39 is 0 Å². The Labute approximate surface area is 208 Å². The number of hydrogen-bond acceptors (Lipinski definition) is 5. The molecule has 35 heavy (non-hydrogen) atoms. The first-order valence-corrected chi connectivity index (χ1v) is 12.0. The van der Waals surface area contributed by atoms with Crippen LogP contribution < -0.4 is 15.4 Å². The van der Waals surface area contributed by atoms with Crippen LogP contribution in [0.1, 0.15) is 28.8 Å². The summed E-state index contributed by atoms with van der Waals surface area (Å²) in [6.45, 7) is 1.52. The number of carbonyl (C=O) groups excluding carboxylic acids is 1. The SMILES string of the molecule is COc1cc(CO)c(-c2cn3ccc(-c4ccc(C(=O)NCC5CCCN5)cc4)cc3n2)cc1Cl. The summed E-state index contributed by atoms with van der Waals surface area (Å²) in [5, 5.41) is 16.7. The van der Waals surface area contributed by atoms with Gasteiger partial charge >= 0.3 is 0 Å². The molecule has 1 aliphatic rings. The van der Waals surface area contributed by atoms with Crippen LogP contribution in [-0.4, -0.2) is 46.6 Å². The molecule has 0 aliphatic carbocycles. The third-order valence-corrected chi connectivity index (χ3v) is 6.73. The van der Waals surface area contributed by atoms with Crippen molar-refractivity contribution in [3.63, 3.8) is 0 Å². The minimum Gasteiger partial charge on any atom is -0.495 e. The largest absolute Gasteiger partial charge is 0.495 e. The first-order valence-electron chi connectivity index (χ1n) is 11.6. The number of benzene rings is 2. The Morgan fingerprint density at radius 1 is 1.23 bits per heavy atom. The number of methoxy groups -OCH3 is 1. The summed E-state index contributed by atoms with van der Waals surface area (Å²) in [6, 6.07) is 15.5. The van der Waals surface area contributed by atoms with Crippen LogP contribution >= 0.6 is 11.6 Å². The number of imidazole rings is 1. The fraction of sp³-hybridized carbons (Fsp3) is 0.259. The molecule has 1 unspecified atom stereocenters. The van der Waals surface area contributed by atoms with Crippen molar-refractivity contribution < 1.29 is 14.6 Å². The Morgan fingerprint density at radius 3 is 2.77 bits per heavy atom. The first kappa shape index (κ1) is 23.4. The molecular formula is C27H27ClN4O3. The minimum absolute atomic E-state index is 0.0589. The molecule has 3 N–H and O–H groups in total. The van der Waals surface area contributed by atoms with Gasteiger partial charge in [0.25, 0.3) is 5.91 Å². The number of pyridine rings is 1. The number of nitrogens with zero attached hydrogens (tertiary/aromatic N) is 2. The number of nitrogens with one attached hydrogen (secondary N) is 2. The van der Waals surface area contributed by atoms with Gasteiger partial charge in [0.2, 0.25) is 0 Å². The maximum Gasteiger partial charge on any atom is 0.251 e. The number of aliphatic hydroxyl groups is 1. The number of aromatic nitrogens is 2. The lowest BCUT2D eigenvalue weighted by Crippen LogP contribution is -2.37. The van der Waals surface area contributed by atoms with Crippen molar-refractivity contribution in [2.24, 2.45) is 0 Å². The van der Waals surface area contributed by atoms with Crippen LogP contribution in [0.4, 0.5) is 0 Å². The Hall–Kier alpha value is -3.39. The van der Waals surface area contributed by atoms with E-state index in [1.165, 1.54) is 0 Å². The molecule has 0 bridgehead atoms. The summed E-state index contributed by atoms with van der Waals surface area (Å²) < 4.78 is 7.19. The van der Waals surface area contributed by atoms with Crippen molar-refractivity contribution in [3.05, 3.63) is 77.1 Å². The van der Waals surface area contributed by atoms with Crippen molar-refractivity contribution in [3.8, 4) is 28.1 Å². The van der Waals surface area contributed by atoms with Gasteiger partial charge in [0.15, 0.2) is 0 Å². The van der Waals surface area contributed by atoms with Crippen LogP contribution in [0, 0.1) is 0 Å². The molecule has 5 rings (SSSR count). The standard InChI is InChI=1S/C27H27ClN4O3/c1-35-25-11-20(16-33)22(13-23(25)28)24-15-32-10-8-19(12-26(32)31-24)17-4-6-18(7-5-17)27(34)30-14-21-3-2-9-29-21/h4-8,10-13,15,21,29,33H,2-3,9,14,16H2,1H3,(H,30,34). The maximum absolute atomic E-state index is 12.5. The fourth-order valence-electron chi connectivity index (χ4n) is 4.48. The summed E-state index contributed by atoms with van der Waals surface area (Å²) in [7, 11) is 1.54. The summed E-state index contributed by atoms with van der Waals surface area (Å²) in [4.78, 5) is 17.3. The number of fused-ring (bicyclic) bond motifs is 1. The lowest BCUT2D eigenvalue weighted by Gasteiger charge is -2.11. The zero-order valence-corrected chi connectivity index (χ0v) is 20.2. The highest BCUT2D eigenvalue weighted by atomic mass is 35.5. The Balaban J connectivity index is 1.37. The van der Waals surface area contributed by atoms with E-state index in [4.69, 9.17) is 21.3 Å². The lowest BCUT2D eigenvalue weighted by atomic mass is 10.0. The molecule has 1 amide bonds. The molecule has 1 aliphatic heterocycles. The van der Waals surface area contributed by atoms with Gasteiger partial charge in [-0.15, -0.1) is 0 Å². The van der Waals surface area contributed by atoms with E-state index >= 15 is 0 Å². The van der Waals surface area contributed by atoms with Crippen LogP contribution in [0.5, 0.6) is 5.75 Å². The zero-order valence-electron chi connectivity index (χ0n) is 19.4. The van der Waals surface area contributed by atoms with Gasteiger partial charge in [-0.05, 0) is 72.5 Å². The second-order valence-electron chi connectivity index (χ2n) is 8.69. The van der Waals surface area contributed by atoms with Gasteiger partial charge < -0.3 is 24.9 Å². The third kappa shape index (κ3) is 4.89. The highest BCUT2D eigenvalue weighted by molar-refractivity contribution is 6.32. The molecule has 0 spiro atoms. The zero-order chi connectivity index (χ0) is 24.4. The van der Waals surface area contributed by atoms with E-state index in [1.54, 1.807) is 19.2 Å². The van der Waals surface area contributed by atoms with Gasteiger partial charge in [0.05, 0.1) is 24.4 Å². The number of aliphatic hydroxyl groups excluding tert-OH is 1. The number of halogens is 1. The van der Waals surface area contributed by atoms with Gasteiger partial charge in [-0.1, -0.05) is 23.7 Å². The quantitative estimate of drug-likeness (QED) is 0.359. The van der Waals surface area contributed by atoms with E-state index in [0.717, 1.165) is 41.7 Å². The second-order valence-corrected chi connectivity index (χ2v) is 9.10. The summed E-state index contributed by atoms with van der Waals surface area (Å²) in [5.74, 6) is 0.453. The van der Waals surface area contributed by atoms with Gasteiger partial charge in [0.1, 0.15) is 11.4 Å². The minimum atomic E-state index is -0.154. The molecule has 1 fully saturated rings. The predicted molar refractivity (Wildman–Crippen MR) is 137 cm³/mol. The normalized spacial score (nSPS) is 15.5. The molecule has 1 saturated heterocycles. The number of carbonyl (C=O) groups is 1. The van der Waals surface area contributed by atoms with Crippen LogP contribution in [0.3, 0.4) is 0 Å². The number of amides is 1. The van der Waals surface area contributed by atoms with E-state index in [0.29, 0.717) is 40.2 Å². The smallest absolute Gasteiger partial charge is 0.251 e. The highest BCUT2D eigenvalue weighted by Gasteiger charge is 2.16. The predicted octanol–water partition coefficient (Wildman–Crippen LogP) is 4.30. The number of hydrogen-bond donors (Lipinski definition) is 3. The van der Waals surface area contributed by atoms with Crippen molar-refractivity contribution in [2.45, 2.75) is 25.5 Å². The monoisotopic (exact) mass is 490 g/mol. The molecule has 3 heterocycles. The van der Waals surface area contributed by atoms with Crippen LogP contribution in [0.25, 0.3) is 28.0 Å². The first-order chi connectivity index (χ1) is 17.1. The molecule has 2 aromatic carbocycles. The van der Waals surface area contributed by atoms with Crippen LogP contribution in [-0.2, 0) is 6.61 Å². The molecule has 2 aromatic heterocycles. The Morgan fingerprint density at radius 2 is 2.06 bits per heavy atom. The van der Waals surface area contributed by atoms with Crippen LogP contribution in [0.15, 0.2) is 60.9 Å². The molecule has 1 atom stereocenters. The van der Waals surface area contributed by atoms with E-state index in [2.05, 4.69) is 10.6 Å². The maximum atomic E-state index is 12.5. The average molecular weight is 491 g/mol. The lowest BCUT2D eigenvalue weighted by molar-refractivity contribution is 0.0950. The average Bonchev–Trinajstić information content (AvgIpc) is 3.56. The molecule has 180 valence electrons. The Bertz CT molecular complexity index is 1360. The van der Waals surface area contributed by atoms with Crippen molar-refractivity contribution in [1.29, 1.82) is 0 Å². The van der Waals surface area contributed by atoms with Gasteiger partial charge in [-0.3, -0.25) is 4.79 Å². The third-order valence-electron chi connectivity index (χ3n) is 6.44. The number of ether oxygens (including phenoxy) is 1. The van der Waals surface area contributed by atoms with Crippen molar-refractivity contribution >= 4 is 23.2 Å². The molecule has 0 saturated carbocycles. The van der Waals surface area contributed by atoms with E-state index in [9.17, 15) is 9.90 Å². The van der Waals surface area contributed by atoms with Gasteiger partial charge in [-0.2, -0.15) is 0 Å². The summed E-state index contributed by atoms with van der Waals surface area (Å²) >= 11 is 6.33. The molecule has 0 radical (unpaired) electrons. The highest BCUT2D eigenvalue weighted by Crippen LogP contribution is 2.34. The van der Waals surface area contributed by atoms with E-state index in [1.807, 2.05) is 53.2 Å². The molecular weight excluding hydrogens is 464 g/mol. The van der Waals surface area contributed by atoms with Crippen molar-refractivity contribution in [1.82, 2.24) is 20.0 Å². The Kier molecular flexibility index (Phi) is 6.72. The topological polar surface area (TPSA) is 87.9 Å². The van der Waals surface area contributed by atoms with E-state index in [-0.39, 0.29) is 12.5 Å². The summed E-state index contributed by atoms with van der Waals surface area (Å²) in [5.41, 5.74) is 5.54. The molecule has 7 nitrogen and oxygen atoms in total. The van der Waals surface area contributed by atoms with Gasteiger partial charge in [0, 0.05) is 36.1 Å². The molecule has 4 aromatic rings. The fourth-order valence-corrected chi connectivity index (χ4v) is 4.72. The molecule has 8 heteroatoms.